The number of rotatable bonds is 6. The van der Waals surface area contributed by atoms with Gasteiger partial charge in [0, 0.05) is 39.4 Å². The van der Waals surface area contributed by atoms with E-state index in [9.17, 15) is 4.79 Å². The largest absolute Gasteiger partial charge is 0.412 e. The van der Waals surface area contributed by atoms with Crippen LogP contribution >= 0.6 is 0 Å². The zero-order valence-corrected chi connectivity index (χ0v) is 15.9. The highest BCUT2D eigenvalue weighted by Gasteiger charge is 2.23. The summed E-state index contributed by atoms with van der Waals surface area (Å²) >= 11 is 0. The number of amides is 1. The number of hydrogen-bond acceptors (Lipinski definition) is 5. The molecule has 144 valence electrons. The number of nitrogens with zero attached hydrogens (tertiary/aromatic N) is 2. The molecule has 1 N–H and O–H groups in total. The minimum atomic E-state index is -0.440. The fourth-order valence-corrected chi connectivity index (χ4v) is 3.15. The van der Waals surface area contributed by atoms with Gasteiger partial charge in [-0.1, -0.05) is 30.3 Å². The van der Waals surface area contributed by atoms with Crippen molar-refractivity contribution < 1.29 is 14.3 Å². The third-order valence-corrected chi connectivity index (χ3v) is 4.67. The zero-order chi connectivity index (χ0) is 19.1. The Morgan fingerprint density at radius 1 is 1.11 bits per heavy atom. The highest BCUT2D eigenvalue weighted by molar-refractivity contribution is 5.70. The van der Waals surface area contributed by atoms with E-state index in [1.54, 1.807) is 12.1 Å². The molecule has 1 atom stereocenters. The van der Waals surface area contributed by atoms with Gasteiger partial charge in [-0.25, -0.2) is 4.79 Å². The summed E-state index contributed by atoms with van der Waals surface area (Å²) in [5, 5.41) is 2.91. The standard InChI is InChI=1S/C21H27N3O3/c1-23(2)18-10-8-17(9-11-18)20(24-12-14-26-15-13-24)16-22-21(25)27-19-6-4-3-5-7-19/h3-11,20H,12-16H2,1-2H3,(H,22,25)/t20-/m0/s1. The van der Waals surface area contributed by atoms with Gasteiger partial charge in [0.1, 0.15) is 5.75 Å². The van der Waals surface area contributed by atoms with E-state index in [1.165, 1.54) is 5.56 Å². The lowest BCUT2D eigenvalue weighted by molar-refractivity contribution is 0.0164. The third kappa shape index (κ3) is 5.45. The molecular weight excluding hydrogens is 342 g/mol. The average Bonchev–Trinajstić information content (AvgIpc) is 2.70. The number of ether oxygens (including phenoxy) is 2. The normalized spacial score (nSPS) is 15.8. The van der Waals surface area contributed by atoms with Crippen LogP contribution in [0.3, 0.4) is 0 Å². The first-order valence-corrected chi connectivity index (χ1v) is 9.23. The summed E-state index contributed by atoms with van der Waals surface area (Å²) in [6.07, 6.45) is -0.440. The van der Waals surface area contributed by atoms with E-state index in [-0.39, 0.29) is 6.04 Å². The zero-order valence-electron chi connectivity index (χ0n) is 15.9. The summed E-state index contributed by atoms with van der Waals surface area (Å²) in [6.45, 7) is 3.58. The van der Waals surface area contributed by atoms with Crippen molar-refractivity contribution in [2.75, 3.05) is 51.8 Å². The van der Waals surface area contributed by atoms with Crippen LogP contribution in [0.15, 0.2) is 54.6 Å². The number of benzene rings is 2. The van der Waals surface area contributed by atoms with E-state index in [0.717, 1.165) is 18.8 Å². The van der Waals surface area contributed by atoms with E-state index >= 15 is 0 Å². The van der Waals surface area contributed by atoms with Crippen LogP contribution in [0.4, 0.5) is 10.5 Å². The molecule has 1 aliphatic heterocycles. The molecule has 2 aromatic carbocycles. The van der Waals surface area contributed by atoms with Crippen LogP contribution in [0.5, 0.6) is 5.75 Å². The maximum atomic E-state index is 12.2. The van der Waals surface area contributed by atoms with Crippen molar-refractivity contribution >= 4 is 11.8 Å². The molecule has 0 saturated carbocycles. The Labute approximate surface area is 160 Å². The quantitative estimate of drug-likeness (QED) is 0.849. The summed E-state index contributed by atoms with van der Waals surface area (Å²) in [5.41, 5.74) is 2.32. The molecule has 0 unspecified atom stereocenters. The van der Waals surface area contributed by atoms with E-state index in [4.69, 9.17) is 9.47 Å². The van der Waals surface area contributed by atoms with Crippen LogP contribution in [0.1, 0.15) is 11.6 Å². The molecule has 0 spiro atoms. The average molecular weight is 369 g/mol. The number of nitrogens with one attached hydrogen (secondary N) is 1. The Morgan fingerprint density at radius 2 is 1.78 bits per heavy atom. The number of morpholine rings is 1. The van der Waals surface area contributed by atoms with E-state index in [2.05, 4.69) is 39.4 Å². The second-order valence-electron chi connectivity index (χ2n) is 6.73. The lowest BCUT2D eigenvalue weighted by Crippen LogP contribution is -2.44. The van der Waals surface area contributed by atoms with Crippen molar-refractivity contribution in [3.63, 3.8) is 0 Å². The van der Waals surface area contributed by atoms with Crippen LogP contribution < -0.4 is 15.0 Å². The third-order valence-electron chi connectivity index (χ3n) is 4.67. The predicted octanol–water partition coefficient (Wildman–Crippen LogP) is 2.91. The lowest BCUT2D eigenvalue weighted by atomic mass is 10.0. The molecule has 0 radical (unpaired) electrons. The maximum absolute atomic E-state index is 12.2. The first kappa shape index (κ1) is 19.2. The van der Waals surface area contributed by atoms with Crippen molar-refractivity contribution in [3.05, 3.63) is 60.2 Å². The number of carbonyl (C=O) groups excluding carboxylic acids is 1. The Balaban J connectivity index is 1.67. The predicted molar refractivity (Wildman–Crippen MR) is 106 cm³/mol. The highest BCUT2D eigenvalue weighted by Crippen LogP contribution is 2.24. The van der Waals surface area contributed by atoms with Crippen molar-refractivity contribution in [2.45, 2.75) is 6.04 Å². The lowest BCUT2D eigenvalue weighted by Gasteiger charge is -2.35. The highest BCUT2D eigenvalue weighted by atomic mass is 16.6. The Bertz CT molecular complexity index is 713. The fraction of sp³-hybridized carbons (Fsp3) is 0.381. The van der Waals surface area contributed by atoms with Gasteiger partial charge in [0.2, 0.25) is 0 Å². The Kier molecular flexibility index (Phi) is 6.68. The van der Waals surface area contributed by atoms with Crippen LogP contribution in [-0.2, 0) is 4.74 Å². The summed E-state index contributed by atoms with van der Waals surface area (Å²) < 4.78 is 10.8. The van der Waals surface area contributed by atoms with Crippen LogP contribution in [0.2, 0.25) is 0 Å². The van der Waals surface area contributed by atoms with Crippen molar-refractivity contribution in [1.29, 1.82) is 0 Å². The summed E-state index contributed by atoms with van der Waals surface area (Å²) in [4.78, 5) is 16.6. The fourth-order valence-electron chi connectivity index (χ4n) is 3.15. The monoisotopic (exact) mass is 369 g/mol. The molecule has 0 aromatic heterocycles. The number of para-hydroxylation sites is 1. The summed E-state index contributed by atoms with van der Waals surface area (Å²) in [5.74, 6) is 0.535. The van der Waals surface area contributed by atoms with Crippen molar-refractivity contribution in [3.8, 4) is 5.75 Å². The molecule has 0 bridgehead atoms. The molecule has 0 aliphatic carbocycles. The van der Waals surface area contributed by atoms with Gasteiger partial charge in [-0.05, 0) is 29.8 Å². The number of anilines is 1. The van der Waals surface area contributed by atoms with Gasteiger partial charge in [0.15, 0.2) is 0 Å². The van der Waals surface area contributed by atoms with Gasteiger partial charge in [0.25, 0.3) is 0 Å². The van der Waals surface area contributed by atoms with Gasteiger partial charge >= 0.3 is 6.09 Å². The summed E-state index contributed by atoms with van der Waals surface area (Å²) in [7, 11) is 4.05. The molecule has 27 heavy (non-hydrogen) atoms. The first-order chi connectivity index (χ1) is 13.1. The van der Waals surface area contributed by atoms with E-state index < -0.39 is 6.09 Å². The first-order valence-electron chi connectivity index (χ1n) is 9.23. The second-order valence-corrected chi connectivity index (χ2v) is 6.73. The molecule has 1 aliphatic rings. The van der Waals surface area contributed by atoms with Gasteiger partial charge in [0.05, 0.1) is 19.3 Å². The minimum absolute atomic E-state index is 0.0773. The van der Waals surface area contributed by atoms with Gasteiger partial charge in [-0.2, -0.15) is 0 Å². The van der Waals surface area contributed by atoms with Gasteiger partial charge < -0.3 is 19.7 Å². The topological polar surface area (TPSA) is 54.0 Å². The smallest absolute Gasteiger partial charge is 0.410 e. The molecule has 3 rings (SSSR count). The molecule has 2 aromatic rings. The van der Waals surface area contributed by atoms with Crippen molar-refractivity contribution in [2.24, 2.45) is 0 Å². The van der Waals surface area contributed by atoms with Gasteiger partial charge in [-0.3, -0.25) is 4.90 Å². The molecule has 6 nitrogen and oxygen atoms in total. The molecule has 1 fully saturated rings. The Morgan fingerprint density at radius 3 is 2.41 bits per heavy atom. The summed E-state index contributed by atoms with van der Waals surface area (Å²) in [6, 6.07) is 17.6. The molecular formula is C21H27N3O3. The molecule has 6 heteroatoms. The number of carbonyl (C=O) groups is 1. The van der Waals surface area contributed by atoms with Crippen LogP contribution in [-0.4, -0.2) is 57.9 Å². The second kappa shape index (κ2) is 9.39. The Hall–Kier alpha value is -2.57. The maximum Gasteiger partial charge on any atom is 0.412 e. The minimum Gasteiger partial charge on any atom is -0.410 e. The van der Waals surface area contributed by atoms with Crippen LogP contribution in [0, 0.1) is 0 Å². The van der Waals surface area contributed by atoms with Gasteiger partial charge in [-0.15, -0.1) is 0 Å². The van der Waals surface area contributed by atoms with Crippen LogP contribution in [0.25, 0.3) is 0 Å². The molecule has 1 amide bonds. The number of hydrogen-bond donors (Lipinski definition) is 1. The molecule has 1 heterocycles. The van der Waals surface area contributed by atoms with E-state index in [0.29, 0.717) is 25.5 Å². The van der Waals surface area contributed by atoms with Crippen molar-refractivity contribution in [1.82, 2.24) is 10.2 Å². The van der Waals surface area contributed by atoms with E-state index in [1.807, 2.05) is 32.3 Å². The SMILES string of the molecule is CN(C)c1ccc([C@H](CNC(=O)Oc2ccccc2)N2CCOCC2)cc1. The molecule has 1 saturated heterocycles.